The average Bonchev–Trinajstić information content (AvgIpc) is 3.43. The molecule has 2 N–H and O–H groups in total. The molecule has 0 fully saturated rings. The Hall–Kier alpha value is -2.72. The number of imidazole rings is 1. The van der Waals surface area contributed by atoms with Gasteiger partial charge in [0.05, 0.1) is 45.9 Å². The number of hydrogen-bond acceptors (Lipinski definition) is 7. The number of aliphatic hydroxyl groups is 2. The molecule has 3 heterocycles. The van der Waals surface area contributed by atoms with E-state index in [9.17, 15) is 10.2 Å². The van der Waals surface area contributed by atoms with Crippen molar-refractivity contribution in [3.8, 4) is 11.4 Å². The summed E-state index contributed by atoms with van der Waals surface area (Å²) in [4.78, 5) is 5.96. The predicted octanol–water partition coefficient (Wildman–Crippen LogP) is 4.28. The van der Waals surface area contributed by atoms with Gasteiger partial charge in [-0.3, -0.25) is 4.40 Å². The van der Waals surface area contributed by atoms with Crippen LogP contribution in [-0.4, -0.2) is 46.8 Å². The Bertz CT molecular complexity index is 1270. The van der Waals surface area contributed by atoms with E-state index < -0.39 is 11.7 Å². The molecule has 1 atom stereocenters. The summed E-state index contributed by atoms with van der Waals surface area (Å²) in [6.07, 6.45) is 4.55. The van der Waals surface area contributed by atoms with Crippen LogP contribution in [-0.2, 0) is 0 Å². The van der Waals surface area contributed by atoms with E-state index >= 15 is 0 Å². The van der Waals surface area contributed by atoms with Gasteiger partial charge in [0.1, 0.15) is 28.7 Å². The van der Waals surface area contributed by atoms with Gasteiger partial charge in [-0.05, 0) is 44.5 Å². The number of fused-ring (bicyclic) bond motifs is 1. The summed E-state index contributed by atoms with van der Waals surface area (Å²) in [6.45, 7) is 9.73. The fourth-order valence-electron chi connectivity index (χ4n) is 3.20. The lowest BCUT2D eigenvalue weighted by Crippen LogP contribution is -2.21. The normalized spacial score (nSPS) is 12.9. The number of halogens is 1. The number of ether oxygens (including phenoxy) is 1. The molecule has 1 aromatic carbocycles. The van der Waals surface area contributed by atoms with Crippen LogP contribution in [0.5, 0.6) is 5.75 Å². The number of thiazole rings is 1. The van der Waals surface area contributed by atoms with E-state index in [2.05, 4.69) is 21.9 Å². The molecule has 1 unspecified atom stereocenters. The standard InChI is InChI=1S/C22H24ClN5O3S/c1-13(2)21-19(27-12-24-10-18(27)32-21)20(29)16-11-28(26-25-16)14-5-6-17(15(23)9-14)31-8-7-22(3,4)30/h5-6,9-12,20,29-30H,1,7-8H2,2-4H3. The molecule has 0 amide bonds. The van der Waals surface area contributed by atoms with Crippen molar-refractivity contribution in [2.45, 2.75) is 38.9 Å². The smallest absolute Gasteiger partial charge is 0.141 e. The van der Waals surface area contributed by atoms with Crippen LogP contribution in [0, 0.1) is 0 Å². The largest absolute Gasteiger partial charge is 0.492 e. The van der Waals surface area contributed by atoms with Crippen LogP contribution in [0.15, 0.2) is 43.5 Å². The molecule has 0 aliphatic heterocycles. The van der Waals surface area contributed by atoms with Crippen LogP contribution in [0.2, 0.25) is 5.02 Å². The molecular formula is C22H24ClN5O3S. The minimum atomic E-state index is -1.00. The molecule has 4 rings (SSSR count). The zero-order chi connectivity index (χ0) is 23.0. The molecule has 0 aliphatic rings. The summed E-state index contributed by atoms with van der Waals surface area (Å²) in [5.41, 5.74) is 1.78. The second-order valence-electron chi connectivity index (χ2n) is 8.21. The van der Waals surface area contributed by atoms with Crippen LogP contribution in [0.1, 0.15) is 49.6 Å². The van der Waals surface area contributed by atoms with Crippen LogP contribution < -0.4 is 4.74 Å². The fourth-order valence-corrected chi connectivity index (χ4v) is 4.48. The molecule has 0 aliphatic carbocycles. The average molecular weight is 474 g/mol. The van der Waals surface area contributed by atoms with Gasteiger partial charge in [0, 0.05) is 6.42 Å². The molecular weight excluding hydrogens is 450 g/mol. The van der Waals surface area contributed by atoms with Gasteiger partial charge in [-0.1, -0.05) is 23.4 Å². The van der Waals surface area contributed by atoms with Crippen molar-refractivity contribution in [1.29, 1.82) is 0 Å². The van der Waals surface area contributed by atoms with Crippen LogP contribution >= 0.6 is 22.9 Å². The molecule has 168 valence electrons. The van der Waals surface area contributed by atoms with E-state index in [1.165, 1.54) is 11.3 Å². The Morgan fingerprint density at radius 3 is 2.84 bits per heavy atom. The first kappa shape index (κ1) is 22.5. The quantitative estimate of drug-likeness (QED) is 0.396. The van der Waals surface area contributed by atoms with Crippen LogP contribution in [0.4, 0.5) is 0 Å². The Kier molecular flexibility index (Phi) is 6.09. The lowest BCUT2D eigenvalue weighted by atomic mass is 10.1. The minimum absolute atomic E-state index is 0.344. The number of allylic oxidation sites excluding steroid dienone is 1. The monoisotopic (exact) mass is 473 g/mol. The van der Waals surface area contributed by atoms with Crippen LogP contribution in [0.25, 0.3) is 16.1 Å². The highest BCUT2D eigenvalue weighted by atomic mass is 35.5. The summed E-state index contributed by atoms with van der Waals surface area (Å²) in [5.74, 6) is 0.520. The van der Waals surface area contributed by atoms with Crippen molar-refractivity contribution < 1.29 is 14.9 Å². The number of nitrogens with zero attached hydrogens (tertiary/aromatic N) is 5. The highest BCUT2D eigenvalue weighted by Gasteiger charge is 2.24. The van der Waals surface area contributed by atoms with Gasteiger partial charge in [0.2, 0.25) is 0 Å². The predicted molar refractivity (Wildman–Crippen MR) is 125 cm³/mol. The lowest BCUT2D eigenvalue weighted by Gasteiger charge is -2.17. The Labute approximate surface area is 194 Å². The summed E-state index contributed by atoms with van der Waals surface area (Å²) in [6, 6.07) is 5.25. The molecule has 4 aromatic rings. The number of hydrogen-bond donors (Lipinski definition) is 2. The topological polar surface area (TPSA) is 97.7 Å². The summed E-state index contributed by atoms with van der Waals surface area (Å²) < 4.78 is 9.06. The van der Waals surface area contributed by atoms with Crippen molar-refractivity contribution in [1.82, 2.24) is 24.4 Å². The lowest BCUT2D eigenvalue weighted by molar-refractivity contribution is 0.0553. The molecule has 8 nitrogen and oxygen atoms in total. The maximum atomic E-state index is 11.1. The van der Waals surface area contributed by atoms with Gasteiger partial charge in [-0.25, -0.2) is 9.67 Å². The molecule has 32 heavy (non-hydrogen) atoms. The Balaban J connectivity index is 1.57. The Morgan fingerprint density at radius 1 is 1.38 bits per heavy atom. The third-order valence-corrected chi connectivity index (χ3v) is 6.46. The molecule has 0 saturated carbocycles. The van der Waals surface area contributed by atoms with Gasteiger partial charge in [0.15, 0.2) is 0 Å². The summed E-state index contributed by atoms with van der Waals surface area (Å²) >= 11 is 7.89. The van der Waals surface area contributed by atoms with Crippen molar-refractivity contribution in [3.63, 3.8) is 0 Å². The Morgan fingerprint density at radius 2 is 2.16 bits per heavy atom. The zero-order valence-corrected chi connectivity index (χ0v) is 19.6. The van der Waals surface area contributed by atoms with Gasteiger partial charge in [-0.2, -0.15) is 0 Å². The number of rotatable bonds is 8. The number of benzene rings is 1. The summed E-state index contributed by atoms with van der Waals surface area (Å²) in [7, 11) is 0. The maximum absolute atomic E-state index is 11.1. The molecule has 10 heteroatoms. The molecule has 0 bridgehead atoms. The molecule has 0 spiro atoms. The second kappa shape index (κ2) is 8.67. The molecule has 3 aromatic heterocycles. The van der Waals surface area contributed by atoms with E-state index in [0.717, 1.165) is 15.3 Å². The first-order valence-electron chi connectivity index (χ1n) is 10.00. The number of aromatic nitrogens is 5. The highest BCUT2D eigenvalue weighted by molar-refractivity contribution is 7.18. The van der Waals surface area contributed by atoms with E-state index in [1.54, 1.807) is 55.4 Å². The van der Waals surface area contributed by atoms with E-state index in [-0.39, 0.29) is 0 Å². The van der Waals surface area contributed by atoms with Crippen molar-refractivity contribution >= 4 is 33.3 Å². The third-order valence-electron chi connectivity index (χ3n) is 4.89. The van der Waals surface area contributed by atoms with E-state index in [1.807, 2.05) is 11.3 Å². The van der Waals surface area contributed by atoms with Crippen molar-refractivity contribution in [2.24, 2.45) is 0 Å². The van der Waals surface area contributed by atoms with Gasteiger partial charge >= 0.3 is 0 Å². The zero-order valence-electron chi connectivity index (χ0n) is 18.0. The van der Waals surface area contributed by atoms with Gasteiger partial charge in [-0.15, -0.1) is 16.4 Å². The first-order chi connectivity index (χ1) is 15.1. The maximum Gasteiger partial charge on any atom is 0.141 e. The van der Waals surface area contributed by atoms with Crippen molar-refractivity contribution in [2.75, 3.05) is 6.61 Å². The van der Waals surface area contributed by atoms with E-state index in [4.69, 9.17) is 16.3 Å². The SMILES string of the molecule is C=C(C)c1sc2cncn2c1C(O)c1cn(-c2ccc(OCCC(C)(C)O)c(Cl)c2)nn1. The minimum Gasteiger partial charge on any atom is -0.492 e. The summed E-state index contributed by atoms with van der Waals surface area (Å²) in [5, 5.41) is 29.6. The van der Waals surface area contributed by atoms with Crippen molar-refractivity contribution in [3.05, 3.63) is 64.8 Å². The molecule has 0 radical (unpaired) electrons. The van der Waals surface area contributed by atoms with Gasteiger partial charge < -0.3 is 14.9 Å². The highest BCUT2D eigenvalue weighted by Crippen LogP contribution is 2.35. The van der Waals surface area contributed by atoms with Crippen LogP contribution in [0.3, 0.4) is 0 Å². The van der Waals surface area contributed by atoms with E-state index in [0.29, 0.717) is 40.9 Å². The molecule has 0 saturated heterocycles. The third kappa shape index (κ3) is 4.56. The first-order valence-corrected chi connectivity index (χ1v) is 11.2. The van der Waals surface area contributed by atoms with Gasteiger partial charge in [0.25, 0.3) is 0 Å². The second-order valence-corrected chi connectivity index (χ2v) is 9.65. The number of aliphatic hydroxyl groups excluding tert-OH is 1. The fraction of sp³-hybridized carbons (Fsp3) is 0.318.